The molecule has 2 rings (SSSR count). The molecule has 0 bridgehead atoms. The molecule has 0 aliphatic heterocycles. The van der Waals surface area contributed by atoms with Gasteiger partial charge in [-0.25, -0.2) is 0 Å². The van der Waals surface area contributed by atoms with Crippen LogP contribution in [0.4, 0.5) is 0 Å². The summed E-state index contributed by atoms with van der Waals surface area (Å²) in [4.78, 5) is 0. The molecule has 0 heterocycles. The zero-order valence-electron chi connectivity index (χ0n) is 12.5. The van der Waals surface area contributed by atoms with E-state index in [0.29, 0.717) is 11.5 Å². The Morgan fingerprint density at radius 2 is 1.73 bits per heavy atom. The summed E-state index contributed by atoms with van der Waals surface area (Å²) in [6.45, 7) is 7.48. The molecule has 0 aromatic heterocycles. The van der Waals surface area contributed by atoms with Gasteiger partial charge in [0.15, 0.2) is 23.0 Å². The fourth-order valence-electron chi connectivity index (χ4n) is 1.90. The van der Waals surface area contributed by atoms with Crippen LogP contribution in [0.5, 0.6) is 23.0 Å². The Balaban J connectivity index is 2.24. The van der Waals surface area contributed by atoms with Crippen LogP contribution >= 0.6 is 11.8 Å². The number of thioether (sulfide) groups is 1. The van der Waals surface area contributed by atoms with Gasteiger partial charge in [0.1, 0.15) is 0 Å². The minimum Gasteiger partial charge on any atom is -0.504 e. The van der Waals surface area contributed by atoms with Gasteiger partial charge >= 0.3 is 0 Å². The lowest BCUT2D eigenvalue weighted by Gasteiger charge is -2.11. The second kappa shape index (κ2) is 7.09. The van der Waals surface area contributed by atoms with Crippen molar-refractivity contribution in [1.82, 2.24) is 0 Å². The lowest BCUT2D eigenvalue weighted by Crippen LogP contribution is -1.88. The topological polar surface area (TPSA) is 49.7 Å². The van der Waals surface area contributed by atoms with Crippen LogP contribution < -0.4 is 4.74 Å². The highest BCUT2D eigenvalue weighted by atomic mass is 32.2. The van der Waals surface area contributed by atoms with E-state index in [1.54, 1.807) is 29.7 Å². The molecular weight excluding hydrogens is 296 g/mol. The number of aryl methyl sites for hydroxylation is 1. The SMILES string of the molecule is C=CS/C=C(\C)c1ccc(Oc2ccc(C)cc2O)c(O)c1. The highest BCUT2D eigenvalue weighted by molar-refractivity contribution is 8.05. The van der Waals surface area contributed by atoms with Crippen LogP contribution in [0.15, 0.2) is 53.8 Å². The molecule has 114 valence electrons. The zero-order chi connectivity index (χ0) is 16.1. The van der Waals surface area contributed by atoms with Crippen molar-refractivity contribution in [2.24, 2.45) is 0 Å². The molecule has 2 aromatic carbocycles. The molecular formula is C18H18O3S. The van der Waals surface area contributed by atoms with Gasteiger partial charge in [-0.3, -0.25) is 0 Å². The lowest BCUT2D eigenvalue weighted by atomic mass is 10.1. The average Bonchev–Trinajstić information content (AvgIpc) is 2.49. The first-order valence-corrected chi connectivity index (χ1v) is 7.69. The van der Waals surface area contributed by atoms with Crippen LogP contribution in [-0.4, -0.2) is 10.2 Å². The van der Waals surface area contributed by atoms with E-state index in [2.05, 4.69) is 6.58 Å². The molecule has 0 aliphatic rings. The number of rotatable bonds is 5. The molecule has 4 heteroatoms. The van der Waals surface area contributed by atoms with E-state index in [9.17, 15) is 10.2 Å². The van der Waals surface area contributed by atoms with Gasteiger partial charge in [0.05, 0.1) is 0 Å². The predicted molar refractivity (Wildman–Crippen MR) is 92.5 cm³/mol. The molecule has 3 nitrogen and oxygen atoms in total. The molecule has 2 aromatic rings. The summed E-state index contributed by atoms with van der Waals surface area (Å²) in [5, 5.41) is 23.7. The molecule has 0 saturated carbocycles. The number of hydrogen-bond donors (Lipinski definition) is 2. The number of hydrogen-bond acceptors (Lipinski definition) is 4. The molecule has 0 radical (unpaired) electrons. The second-order valence-corrected chi connectivity index (χ2v) is 5.70. The maximum absolute atomic E-state index is 10.1. The summed E-state index contributed by atoms with van der Waals surface area (Å²) in [5.74, 6) is 0.672. The van der Waals surface area contributed by atoms with Gasteiger partial charge in [0.25, 0.3) is 0 Å². The second-order valence-electron chi connectivity index (χ2n) is 4.86. The number of aromatic hydroxyl groups is 2. The van der Waals surface area contributed by atoms with Crippen molar-refractivity contribution >= 4 is 17.3 Å². The van der Waals surface area contributed by atoms with E-state index in [-0.39, 0.29) is 11.5 Å². The molecule has 22 heavy (non-hydrogen) atoms. The first-order valence-electron chi connectivity index (χ1n) is 6.75. The van der Waals surface area contributed by atoms with Crippen molar-refractivity contribution in [3.8, 4) is 23.0 Å². The third-order valence-electron chi connectivity index (χ3n) is 3.09. The monoisotopic (exact) mass is 314 g/mol. The van der Waals surface area contributed by atoms with E-state index in [4.69, 9.17) is 4.74 Å². The molecule has 0 aliphatic carbocycles. The summed E-state index contributed by atoms with van der Waals surface area (Å²) in [6, 6.07) is 10.3. The predicted octanol–water partition coefficient (Wildman–Crippen LogP) is 5.44. The smallest absolute Gasteiger partial charge is 0.169 e. The van der Waals surface area contributed by atoms with Crippen LogP contribution in [-0.2, 0) is 0 Å². The van der Waals surface area contributed by atoms with Gasteiger partial charge in [-0.1, -0.05) is 18.7 Å². The minimum atomic E-state index is 0.0221. The fraction of sp³-hybridized carbons (Fsp3) is 0.111. The summed E-state index contributed by atoms with van der Waals surface area (Å²) in [6.07, 6.45) is 0. The Bertz CT molecular complexity index is 720. The maximum Gasteiger partial charge on any atom is 0.169 e. The summed E-state index contributed by atoms with van der Waals surface area (Å²) in [7, 11) is 0. The number of phenols is 2. The van der Waals surface area contributed by atoms with E-state index in [0.717, 1.165) is 16.7 Å². The van der Waals surface area contributed by atoms with Gasteiger partial charge in [-0.15, -0.1) is 11.8 Å². The van der Waals surface area contributed by atoms with Gasteiger partial charge in [0.2, 0.25) is 0 Å². The quantitative estimate of drug-likeness (QED) is 0.772. The molecule has 0 spiro atoms. The van der Waals surface area contributed by atoms with E-state index >= 15 is 0 Å². The first kappa shape index (κ1) is 16.0. The van der Waals surface area contributed by atoms with Crippen molar-refractivity contribution < 1.29 is 14.9 Å². The number of ether oxygens (including phenoxy) is 1. The zero-order valence-corrected chi connectivity index (χ0v) is 13.4. The highest BCUT2D eigenvalue weighted by Crippen LogP contribution is 2.37. The Hall–Kier alpha value is -2.33. The highest BCUT2D eigenvalue weighted by Gasteiger charge is 2.09. The molecule has 0 unspecified atom stereocenters. The molecule has 0 saturated heterocycles. The number of phenolic OH excluding ortho intramolecular Hbond substituents is 2. The van der Waals surface area contributed by atoms with Crippen LogP contribution in [0.3, 0.4) is 0 Å². The molecule has 0 atom stereocenters. The summed E-state index contributed by atoms with van der Waals surface area (Å²) in [5.41, 5.74) is 2.85. The average molecular weight is 314 g/mol. The van der Waals surface area contributed by atoms with Crippen molar-refractivity contribution in [3.63, 3.8) is 0 Å². The van der Waals surface area contributed by atoms with Crippen molar-refractivity contribution in [2.75, 3.05) is 0 Å². The Morgan fingerprint density at radius 3 is 2.32 bits per heavy atom. The van der Waals surface area contributed by atoms with E-state index in [1.165, 1.54) is 11.8 Å². The van der Waals surface area contributed by atoms with Gasteiger partial charge in [-0.2, -0.15) is 0 Å². The van der Waals surface area contributed by atoms with Gasteiger partial charge in [0, 0.05) is 0 Å². The van der Waals surface area contributed by atoms with E-state index < -0.39 is 0 Å². The first-order chi connectivity index (χ1) is 10.5. The molecule has 2 N–H and O–H groups in total. The molecule has 0 amide bonds. The van der Waals surface area contributed by atoms with Gasteiger partial charge in [-0.05, 0) is 65.6 Å². The third kappa shape index (κ3) is 3.86. The number of benzene rings is 2. The van der Waals surface area contributed by atoms with Crippen LogP contribution in [0.2, 0.25) is 0 Å². The Kier molecular flexibility index (Phi) is 5.17. The van der Waals surface area contributed by atoms with Crippen molar-refractivity contribution in [3.05, 3.63) is 64.9 Å². The maximum atomic E-state index is 10.1. The minimum absolute atomic E-state index is 0.0221. The van der Waals surface area contributed by atoms with E-state index in [1.807, 2.05) is 31.4 Å². The Labute approximate surface area is 134 Å². The number of allylic oxidation sites excluding steroid dienone is 1. The summed E-state index contributed by atoms with van der Waals surface area (Å²) >= 11 is 1.48. The van der Waals surface area contributed by atoms with Crippen LogP contribution in [0.1, 0.15) is 18.1 Å². The summed E-state index contributed by atoms with van der Waals surface area (Å²) < 4.78 is 5.57. The fourth-order valence-corrected chi connectivity index (χ4v) is 2.34. The van der Waals surface area contributed by atoms with Crippen molar-refractivity contribution in [1.29, 1.82) is 0 Å². The third-order valence-corrected chi connectivity index (χ3v) is 3.77. The lowest BCUT2D eigenvalue weighted by molar-refractivity contribution is 0.385. The van der Waals surface area contributed by atoms with Crippen molar-refractivity contribution in [2.45, 2.75) is 13.8 Å². The standard InChI is InChI=1S/C18H18O3S/c1-4-22-11-13(3)14-6-8-18(16(20)10-14)21-17-7-5-12(2)9-15(17)19/h4-11,19-20H,1H2,2-3H3/b13-11+. The molecule has 0 fully saturated rings. The van der Waals surface area contributed by atoms with Crippen LogP contribution in [0.25, 0.3) is 5.57 Å². The van der Waals surface area contributed by atoms with Crippen LogP contribution in [0, 0.1) is 6.92 Å². The van der Waals surface area contributed by atoms with Gasteiger partial charge < -0.3 is 14.9 Å². The largest absolute Gasteiger partial charge is 0.504 e. The normalized spacial score (nSPS) is 11.3. The Morgan fingerprint density at radius 1 is 1.09 bits per heavy atom.